The van der Waals surface area contributed by atoms with Gasteiger partial charge in [0.15, 0.2) is 0 Å². The van der Waals surface area contributed by atoms with Gasteiger partial charge in [0.1, 0.15) is 0 Å². The number of carboxylic acids is 1. The van der Waals surface area contributed by atoms with Crippen molar-refractivity contribution in [3.05, 3.63) is 29.3 Å². The summed E-state index contributed by atoms with van der Waals surface area (Å²) in [4.78, 5) is 22.3. The highest BCUT2D eigenvalue weighted by molar-refractivity contribution is 5.90. The molecule has 0 bridgehead atoms. The maximum atomic E-state index is 11.9. The molecule has 0 aromatic heterocycles. The van der Waals surface area contributed by atoms with Crippen LogP contribution in [0.2, 0.25) is 0 Å². The molecule has 1 aromatic rings. The van der Waals surface area contributed by atoms with E-state index < -0.39 is 5.97 Å². The van der Waals surface area contributed by atoms with E-state index in [9.17, 15) is 19.8 Å². The Morgan fingerprint density at radius 2 is 1.29 bits per heavy atom. The number of amides is 1. The number of aliphatic carboxylic acids is 1. The minimum Gasteiger partial charge on any atom is -0.481 e. The van der Waals surface area contributed by atoms with Gasteiger partial charge in [-0.25, -0.2) is 0 Å². The van der Waals surface area contributed by atoms with Crippen molar-refractivity contribution in [3.63, 3.8) is 0 Å². The standard InChI is InChI=1S/C18H27NO5/c20-12-14-9-15(13-21)11-16(10-14)19-17(22)7-5-3-1-2-4-6-8-18(23)24/h9-11,20-21H,1-8,12-13H2,(H,19,22)(H,23,24). The molecule has 0 atom stereocenters. The van der Waals surface area contributed by atoms with Crippen LogP contribution in [0.25, 0.3) is 0 Å². The summed E-state index contributed by atoms with van der Waals surface area (Å²) in [5, 5.41) is 29.7. The third kappa shape index (κ3) is 8.64. The largest absolute Gasteiger partial charge is 0.481 e. The molecule has 0 aliphatic rings. The molecule has 4 N–H and O–H groups in total. The lowest BCUT2D eigenvalue weighted by molar-refractivity contribution is -0.137. The maximum absolute atomic E-state index is 11.9. The summed E-state index contributed by atoms with van der Waals surface area (Å²) in [6.45, 7) is -0.281. The van der Waals surface area contributed by atoms with Gasteiger partial charge >= 0.3 is 5.97 Å². The Hall–Kier alpha value is -1.92. The number of carbonyl (C=O) groups excluding carboxylic acids is 1. The van der Waals surface area contributed by atoms with Gasteiger partial charge in [-0.15, -0.1) is 0 Å². The third-order valence-corrected chi connectivity index (χ3v) is 3.75. The number of nitrogens with one attached hydrogen (secondary N) is 1. The molecule has 0 saturated heterocycles. The number of unbranched alkanes of at least 4 members (excludes halogenated alkanes) is 5. The van der Waals surface area contributed by atoms with Crippen LogP contribution in [0.4, 0.5) is 5.69 Å². The topological polar surface area (TPSA) is 107 Å². The molecule has 134 valence electrons. The lowest BCUT2D eigenvalue weighted by atomic mass is 10.1. The highest BCUT2D eigenvalue weighted by atomic mass is 16.4. The van der Waals surface area contributed by atoms with Gasteiger partial charge in [-0.2, -0.15) is 0 Å². The Balaban J connectivity index is 2.21. The van der Waals surface area contributed by atoms with Crippen LogP contribution in [-0.2, 0) is 22.8 Å². The molecule has 24 heavy (non-hydrogen) atoms. The van der Waals surface area contributed by atoms with E-state index in [1.165, 1.54) is 0 Å². The van der Waals surface area contributed by atoms with Crippen molar-refractivity contribution in [1.29, 1.82) is 0 Å². The van der Waals surface area contributed by atoms with E-state index in [-0.39, 0.29) is 25.5 Å². The van der Waals surface area contributed by atoms with Crippen LogP contribution in [-0.4, -0.2) is 27.2 Å². The molecule has 1 amide bonds. The van der Waals surface area contributed by atoms with E-state index >= 15 is 0 Å². The van der Waals surface area contributed by atoms with Gasteiger partial charge in [0.25, 0.3) is 0 Å². The first-order chi connectivity index (χ1) is 11.5. The average molecular weight is 337 g/mol. The summed E-state index contributed by atoms with van der Waals surface area (Å²) in [6, 6.07) is 5.08. The fraction of sp³-hybridized carbons (Fsp3) is 0.556. The van der Waals surface area contributed by atoms with Crippen molar-refractivity contribution in [3.8, 4) is 0 Å². The molecular weight excluding hydrogens is 310 g/mol. The second-order valence-electron chi connectivity index (χ2n) is 5.92. The minimum absolute atomic E-state index is 0.0835. The third-order valence-electron chi connectivity index (χ3n) is 3.75. The second kappa shape index (κ2) is 11.6. The number of rotatable bonds is 12. The van der Waals surface area contributed by atoms with Gasteiger partial charge in [0.2, 0.25) is 5.91 Å². The number of carbonyl (C=O) groups is 2. The fourth-order valence-corrected chi connectivity index (χ4v) is 2.51. The zero-order valence-corrected chi connectivity index (χ0v) is 14.0. The number of benzene rings is 1. The number of aliphatic hydroxyl groups is 2. The first kappa shape index (κ1) is 20.1. The van der Waals surface area contributed by atoms with Crippen molar-refractivity contribution in [2.75, 3.05) is 5.32 Å². The summed E-state index contributed by atoms with van der Waals surface area (Å²) in [6.07, 6.45) is 6.00. The Labute approximate surface area is 142 Å². The van der Waals surface area contributed by atoms with Crippen LogP contribution in [0.5, 0.6) is 0 Å². The van der Waals surface area contributed by atoms with Crippen LogP contribution >= 0.6 is 0 Å². The molecule has 6 nitrogen and oxygen atoms in total. The Bertz CT molecular complexity index is 508. The van der Waals surface area contributed by atoms with Gasteiger partial charge < -0.3 is 20.6 Å². The van der Waals surface area contributed by atoms with E-state index in [2.05, 4.69) is 5.32 Å². The van der Waals surface area contributed by atoms with Gasteiger partial charge in [0, 0.05) is 18.5 Å². The molecule has 1 aromatic carbocycles. The number of hydrogen-bond acceptors (Lipinski definition) is 4. The average Bonchev–Trinajstić information content (AvgIpc) is 2.56. The minimum atomic E-state index is -0.749. The lowest BCUT2D eigenvalue weighted by Crippen LogP contribution is -2.11. The normalized spacial score (nSPS) is 10.6. The highest BCUT2D eigenvalue weighted by Crippen LogP contribution is 2.16. The van der Waals surface area contributed by atoms with E-state index in [0.29, 0.717) is 29.7 Å². The zero-order valence-electron chi connectivity index (χ0n) is 14.0. The monoisotopic (exact) mass is 337 g/mol. The molecule has 0 spiro atoms. The number of aliphatic hydroxyl groups excluding tert-OH is 2. The van der Waals surface area contributed by atoms with E-state index in [0.717, 1.165) is 32.1 Å². The SMILES string of the molecule is O=C(O)CCCCCCCCC(=O)Nc1cc(CO)cc(CO)c1. The molecule has 0 aliphatic carbocycles. The van der Waals surface area contributed by atoms with Crippen LogP contribution in [0.15, 0.2) is 18.2 Å². The first-order valence-electron chi connectivity index (χ1n) is 8.41. The van der Waals surface area contributed by atoms with E-state index in [1.807, 2.05) is 0 Å². The Morgan fingerprint density at radius 1 is 0.792 bits per heavy atom. The van der Waals surface area contributed by atoms with Gasteiger partial charge in [-0.05, 0) is 36.1 Å². The second-order valence-corrected chi connectivity index (χ2v) is 5.92. The summed E-state index contributed by atoms with van der Waals surface area (Å²) >= 11 is 0. The predicted octanol–water partition coefficient (Wildman–Crippen LogP) is 2.82. The van der Waals surface area contributed by atoms with Gasteiger partial charge in [-0.1, -0.05) is 31.7 Å². The van der Waals surface area contributed by atoms with Gasteiger partial charge in [0.05, 0.1) is 13.2 Å². The van der Waals surface area contributed by atoms with Crippen molar-refractivity contribution >= 4 is 17.6 Å². The van der Waals surface area contributed by atoms with Crippen molar-refractivity contribution in [1.82, 2.24) is 0 Å². The highest BCUT2D eigenvalue weighted by Gasteiger charge is 2.05. The Kier molecular flexibility index (Phi) is 9.72. The molecule has 0 radical (unpaired) electrons. The first-order valence-corrected chi connectivity index (χ1v) is 8.41. The fourth-order valence-electron chi connectivity index (χ4n) is 2.51. The van der Waals surface area contributed by atoms with Crippen LogP contribution < -0.4 is 5.32 Å². The van der Waals surface area contributed by atoms with Crippen LogP contribution in [0.3, 0.4) is 0 Å². The molecular formula is C18H27NO5. The molecule has 0 aliphatic heterocycles. The van der Waals surface area contributed by atoms with E-state index in [1.54, 1.807) is 18.2 Å². The van der Waals surface area contributed by atoms with Gasteiger partial charge in [-0.3, -0.25) is 9.59 Å². The summed E-state index contributed by atoms with van der Waals surface area (Å²) < 4.78 is 0. The number of carboxylic acid groups (broad SMARTS) is 1. The molecule has 6 heteroatoms. The predicted molar refractivity (Wildman–Crippen MR) is 91.5 cm³/mol. The quantitative estimate of drug-likeness (QED) is 0.439. The molecule has 0 fully saturated rings. The molecule has 0 heterocycles. The number of anilines is 1. The number of hydrogen-bond donors (Lipinski definition) is 4. The summed E-state index contributed by atoms with van der Waals surface area (Å²) in [7, 11) is 0. The Morgan fingerprint density at radius 3 is 1.79 bits per heavy atom. The maximum Gasteiger partial charge on any atom is 0.303 e. The molecule has 1 rings (SSSR count). The van der Waals surface area contributed by atoms with Crippen LogP contribution in [0, 0.1) is 0 Å². The van der Waals surface area contributed by atoms with E-state index in [4.69, 9.17) is 5.11 Å². The lowest BCUT2D eigenvalue weighted by Gasteiger charge is -2.09. The van der Waals surface area contributed by atoms with Crippen LogP contribution in [0.1, 0.15) is 62.5 Å². The molecule has 0 unspecified atom stereocenters. The van der Waals surface area contributed by atoms with Crippen molar-refractivity contribution < 1.29 is 24.9 Å². The van der Waals surface area contributed by atoms with Crippen molar-refractivity contribution in [2.24, 2.45) is 0 Å². The summed E-state index contributed by atoms with van der Waals surface area (Å²) in [5.74, 6) is -0.832. The van der Waals surface area contributed by atoms with Crippen molar-refractivity contribution in [2.45, 2.75) is 64.6 Å². The summed E-state index contributed by atoms with van der Waals surface area (Å²) in [5.41, 5.74) is 1.89. The zero-order chi connectivity index (χ0) is 17.8. The molecule has 0 saturated carbocycles. The smallest absolute Gasteiger partial charge is 0.303 e.